The lowest BCUT2D eigenvalue weighted by atomic mass is 9.81. The summed E-state index contributed by atoms with van der Waals surface area (Å²) >= 11 is 1.67. The molecular weight excluding hydrogens is 298 g/mol. The summed E-state index contributed by atoms with van der Waals surface area (Å²) in [6, 6.07) is -0.192. The molecule has 0 aliphatic rings. The maximum absolute atomic E-state index is 11.8. The average Bonchev–Trinajstić information content (AvgIpc) is 2.74. The second-order valence-corrected chi connectivity index (χ2v) is 8.07. The molecule has 1 heterocycles. The van der Waals surface area contributed by atoms with Gasteiger partial charge in [0.1, 0.15) is 0 Å². The van der Waals surface area contributed by atoms with E-state index in [0.29, 0.717) is 13.1 Å². The van der Waals surface area contributed by atoms with Crippen LogP contribution in [-0.4, -0.2) is 35.3 Å². The van der Waals surface area contributed by atoms with Crippen LogP contribution in [0.2, 0.25) is 0 Å². The minimum atomic E-state index is -0.449. The van der Waals surface area contributed by atoms with E-state index in [-0.39, 0.29) is 17.4 Å². The molecule has 1 rings (SSSR count). The first-order valence-corrected chi connectivity index (χ1v) is 8.58. The molecule has 0 saturated heterocycles. The number of aliphatic hydroxyl groups excluding tert-OH is 1. The maximum atomic E-state index is 11.8. The summed E-state index contributed by atoms with van der Waals surface area (Å²) < 4.78 is 0. The number of hydrogen-bond donors (Lipinski definition) is 3. The normalized spacial score (nSPS) is 13.3. The quantitative estimate of drug-likeness (QED) is 0.721. The van der Waals surface area contributed by atoms with Crippen LogP contribution in [-0.2, 0) is 6.42 Å². The van der Waals surface area contributed by atoms with Gasteiger partial charge in [-0.3, -0.25) is 0 Å². The number of carbonyl (C=O) groups excluding carboxylic acids is 1. The van der Waals surface area contributed by atoms with Gasteiger partial charge in [0.05, 0.1) is 16.8 Å². The molecule has 2 amide bonds. The Labute approximate surface area is 137 Å². The van der Waals surface area contributed by atoms with Crippen molar-refractivity contribution in [2.75, 3.05) is 13.1 Å². The van der Waals surface area contributed by atoms with Crippen molar-refractivity contribution >= 4 is 17.4 Å². The molecule has 0 spiro atoms. The molecule has 0 aliphatic heterocycles. The molecule has 1 atom stereocenters. The highest BCUT2D eigenvalue weighted by atomic mass is 32.1. The summed E-state index contributed by atoms with van der Waals surface area (Å²) in [5, 5.41) is 16.9. The zero-order valence-electron chi connectivity index (χ0n) is 14.5. The summed E-state index contributed by atoms with van der Waals surface area (Å²) in [5.41, 5.74) is 0.697. The van der Waals surface area contributed by atoms with E-state index < -0.39 is 6.10 Å². The van der Waals surface area contributed by atoms with Crippen molar-refractivity contribution < 1.29 is 9.90 Å². The highest BCUT2D eigenvalue weighted by Gasteiger charge is 2.30. The van der Waals surface area contributed by atoms with Crippen molar-refractivity contribution in [1.82, 2.24) is 15.6 Å². The third-order valence-electron chi connectivity index (χ3n) is 3.77. The fourth-order valence-corrected chi connectivity index (χ4v) is 3.41. The van der Waals surface area contributed by atoms with Gasteiger partial charge < -0.3 is 15.7 Å². The van der Waals surface area contributed by atoms with Gasteiger partial charge in [-0.25, -0.2) is 9.78 Å². The molecule has 0 bridgehead atoms. The first kappa shape index (κ1) is 18.9. The van der Waals surface area contributed by atoms with Crippen LogP contribution in [0.15, 0.2) is 0 Å². The second-order valence-electron chi connectivity index (χ2n) is 6.78. The molecule has 0 radical (unpaired) electrons. The van der Waals surface area contributed by atoms with Crippen LogP contribution in [0, 0.1) is 25.2 Å². The van der Waals surface area contributed by atoms with Crippen LogP contribution in [0.3, 0.4) is 0 Å². The van der Waals surface area contributed by atoms with Gasteiger partial charge in [0.2, 0.25) is 0 Å². The molecular formula is C16H29N3O2S. The van der Waals surface area contributed by atoms with Gasteiger partial charge in [0.15, 0.2) is 0 Å². The highest BCUT2D eigenvalue weighted by Crippen LogP contribution is 2.25. The fourth-order valence-electron chi connectivity index (χ4n) is 2.47. The van der Waals surface area contributed by atoms with E-state index in [9.17, 15) is 9.90 Å². The van der Waals surface area contributed by atoms with Gasteiger partial charge in [-0.05, 0) is 19.8 Å². The van der Waals surface area contributed by atoms with E-state index >= 15 is 0 Å². The lowest BCUT2D eigenvalue weighted by Crippen LogP contribution is -2.46. The molecule has 6 heteroatoms. The zero-order valence-corrected chi connectivity index (χ0v) is 15.3. The van der Waals surface area contributed by atoms with Crippen LogP contribution in [0.1, 0.15) is 43.3 Å². The Morgan fingerprint density at radius 1 is 1.32 bits per heavy atom. The number of aryl methyl sites for hydroxylation is 2. The highest BCUT2D eigenvalue weighted by molar-refractivity contribution is 7.11. The number of nitrogens with one attached hydrogen (secondary N) is 2. The Hall–Kier alpha value is -1.14. The molecule has 0 saturated carbocycles. The summed E-state index contributed by atoms with van der Waals surface area (Å²) in [6.45, 7) is 12.9. The Morgan fingerprint density at radius 2 is 1.95 bits per heavy atom. The van der Waals surface area contributed by atoms with E-state index in [1.165, 1.54) is 4.88 Å². The first-order chi connectivity index (χ1) is 10.1. The minimum Gasteiger partial charge on any atom is -0.392 e. The summed E-state index contributed by atoms with van der Waals surface area (Å²) in [6.07, 6.45) is 0.346. The molecule has 0 aliphatic carbocycles. The Kier molecular flexibility index (Phi) is 6.81. The molecule has 22 heavy (non-hydrogen) atoms. The molecule has 1 aromatic rings. The Bertz CT molecular complexity index is 498. The smallest absolute Gasteiger partial charge is 0.314 e. The average molecular weight is 327 g/mol. The molecule has 1 unspecified atom stereocenters. The van der Waals surface area contributed by atoms with Crippen LogP contribution >= 0.6 is 11.3 Å². The number of nitrogens with zero attached hydrogens (tertiary/aromatic N) is 1. The third kappa shape index (κ3) is 5.57. The third-order valence-corrected chi connectivity index (χ3v) is 4.91. The van der Waals surface area contributed by atoms with Gasteiger partial charge in [-0.1, -0.05) is 27.7 Å². The van der Waals surface area contributed by atoms with Crippen LogP contribution in [0.4, 0.5) is 4.79 Å². The van der Waals surface area contributed by atoms with Crippen molar-refractivity contribution in [3.8, 4) is 0 Å². The topological polar surface area (TPSA) is 74.2 Å². The number of amides is 2. The number of rotatable bonds is 7. The van der Waals surface area contributed by atoms with Gasteiger partial charge in [-0.15, -0.1) is 11.3 Å². The molecule has 1 aromatic heterocycles. The minimum absolute atomic E-state index is 0.164. The number of urea groups is 1. The maximum Gasteiger partial charge on any atom is 0.314 e. The van der Waals surface area contributed by atoms with E-state index in [0.717, 1.165) is 17.1 Å². The number of carbonyl (C=O) groups is 1. The predicted octanol–water partition coefficient (Wildman–Crippen LogP) is 2.64. The number of hydrogen-bond acceptors (Lipinski definition) is 4. The predicted molar refractivity (Wildman–Crippen MR) is 91.3 cm³/mol. The van der Waals surface area contributed by atoms with Crippen molar-refractivity contribution in [3.05, 3.63) is 15.6 Å². The summed E-state index contributed by atoms with van der Waals surface area (Å²) in [7, 11) is 0. The molecule has 0 fully saturated rings. The lowest BCUT2D eigenvalue weighted by Gasteiger charge is -2.33. The van der Waals surface area contributed by atoms with E-state index in [2.05, 4.69) is 15.6 Å². The van der Waals surface area contributed by atoms with Gasteiger partial charge in [0.25, 0.3) is 0 Å². The second kappa shape index (κ2) is 7.92. The van der Waals surface area contributed by atoms with Crippen molar-refractivity contribution in [2.45, 2.75) is 54.1 Å². The van der Waals surface area contributed by atoms with Gasteiger partial charge >= 0.3 is 6.03 Å². The largest absolute Gasteiger partial charge is 0.392 e. The van der Waals surface area contributed by atoms with Gasteiger partial charge in [0, 0.05) is 29.8 Å². The van der Waals surface area contributed by atoms with Gasteiger partial charge in [-0.2, -0.15) is 0 Å². The summed E-state index contributed by atoms with van der Waals surface area (Å²) in [4.78, 5) is 17.4. The Balaban J connectivity index is 2.33. The van der Waals surface area contributed by atoms with E-state index in [4.69, 9.17) is 0 Å². The van der Waals surface area contributed by atoms with Crippen molar-refractivity contribution in [2.24, 2.45) is 11.3 Å². The van der Waals surface area contributed by atoms with E-state index in [1.807, 2.05) is 41.5 Å². The van der Waals surface area contributed by atoms with E-state index in [1.54, 1.807) is 11.3 Å². The van der Waals surface area contributed by atoms with Crippen molar-refractivity contribution in [3.63, 3.8) is 0 Å². The van der Waals surface area contributed by atoms with Crippen molar-refractivity contribution in [1.29, 1.82) is 0 Å². The molecule has 126 valence electrons. The molecule has 5 nitrogen and oxygen atoms in total. The molecule has 0 aromatic carbocycles. The standard InChI is InChI=1S/C16H29N3O2S/c1-10(2)14(20)16(5,6)9-18-15(21)17-8-7-13-11(3)19-12(4)22-13/h10,14,20H,7-9H2,1-6H3,(H2,17,18,21). The number of aromatic nitrogens is 1. The molecule has 3 N–H and O–H groups in total. The fraction of sp³-hybridized carbons (Fsp3) is 0.750. The summed E-state index contributed by atoms with van der Waals surface area (Å²) in [5.74, 6) is 0.164. The lowest BCUT2D eigenvalue weighted by molar-refractivity contribution is 0.0151. The van der Waals surface area contributed by atoms with Crippen LogP contribution < -0.4 is 10.6 Å². The number of aliphatic hydroxyl groups is 1. The monoisotopic (exact) mass is 327 g/mol. The van der Waals surface area contributed by atoms with Crippen LogP contribution in [0.25, 0.3) is 0 Å². The van der Waals surface area contributed by atoms with Crippen LogP contribution in [0.5, 0.6) is 0 Å². The number of thiazole rings is 1. The zero-order chi connectivity index (χ0) is 16.9. The SMILES string of the molecule is Cc1nc(C)c(CCNC(=O)NCC(C)(C)C(O)C(C)C)s1. The Morgan fingerprint density at radius 3 is 2.45 bits per heavy atom. The first-order valence-electron chi connectivity index (χ1n) is 7.76.